The van der Waals surface area contributed by atoms with Crippen molar-refractivity contribution in [1.82, 2.24) is 5.06 Å². The largest absolute Gasteiger partial charge is 0.481 e. The van der Waals surface area contributed by atoms with E-state index in [4.69, 9.17) is 21.5 Å². The summed E-state index contributed by atoms with van der Waals surface area (Å²) in [5.74, 6) is -1.07. The van der Waals surface area contributed by atoms with Crippen LogP contribution in [0, 0.1) is 0 Å². The van der Waals surface area contributed by atoms with Gasteiger partial charge in [0.05, 0.1) is 18.0 Å². The fourth-order valence-electron chi connectivity index (χ4n) is 1.10. The van der Waals surface area contributed by atoms with E-state index in [-0.39, 0.29) is 18.9 Å². The number of hydrogen-bond acceptors (Lipinski definition) is 3. The molecule has 0 radical (unpaired) electrons. The first-order valence-electron chi connectivity index (χ1n) is 4.93. The highest BCUT2D eigenvalue weighted by Gasteiger charge is 2.14. The van der Waals surface area contributed by atoms with Crippen molar-refractivity contribution in [2.24, 2.45) is 0 Å². The van der Waals surface area contributed by atoms with Gasteiger partial charge >= 0.3 is 5.97 Å². The van der Waals surface area contributed by atoms with E-state index in [2.05, 4.69) is 0 Å². The smallest absolute Gasteiger partial charge is 0.305 e. The summed E-state index contributed by atoms with van der Waals surface area (Å²) in [4.78, 5) is 26.9. The van der Waals surface area contributed by atoms with Crippen LogP contribution in [0.2, 0.25) is 5.02 Å². The molecule has 5 nitrogen and oxygen atoms in total. The summed E-state index contributed by atoms with van der Waals surface area (Å²) in [7, 11) is 0. The Balaban J connectivity index is 2.70. The monoisotopic (exact) mass is 257 g/mol. The number of hydroxylamine groups is 2. The summed E-state index contributed by atoms with van der Waals surface area (Å²) in [6.07, 6.45) is -0.190. The molecule has 0 aliphatic heterocycles. The molecule has 0 aliphatic rings. The SMILES string of the molecule is CC(=O)N(CCC(=O)O)Oc1ccccc1Cl. The van der Waals surface area contributed by atoms with E-state index in [1.807, 2.05) is 0 Å². The van der Waals surface area contributed by atoms with Crippen molar-refractivity contribution < 1.29 is 19.5 Å². The van der Waals surface area contributed by atoms with Gasteiger partial charge in [-0.3, -0.25) is 9.59 Å². The van der Waals surface area contributed by atoms with Crippen LogP contribution in [0.3, 0.4) is 0 Å². The lowest BCUT2D eigenvalue weighted by Gasteiger charge is -2.20. The summed E-state index contributed by atoms with van der Waals surface area (Å²) < 4.78 is 0. The molecule has 0 spiro atoms. The van der Waals surface area contributed by atoms with E-state index in [1.165, 1.54) is 6.92 Å². The van der Waals surface area contributed by atoms with Crippen LogP contribution >= 0.6 is 11.6 Å². The Morgan fingerprint density at radius 1 is 1.41 bits per heavy atom. The number of hydrogen-bond donors (Lipinski definition) is 1. The molecule has 0 unspecified atom stereocenters. The van der Waals surface area contributed by atoms with Gasteiger partial charge in [0.15, 0.2) is 5.75 Å². The average molecular weight is 258 g/mol. The van der Waals surface area contributed by atoms with Crippen molar-refractivity contribution in [3.8, 4) is 5.75 Å². The molecule has 0 atom stereocenters. The van der Waals surface area contributed by atoms with E-state index >= 15 is 0 Å². The van der Waals surface area contributed by atoms with Gasteiger partial charge in [-0.05, 0) is 12.1 Å². The Labute approximate surface area is 104 Å². The molecule has 0 heterocycles. The molecule has 1 rings (SSSR count). The second kappa shape index (κ2) is 6.10. The molecule has 0 aliphatic carbocycles. The predicted octanol–water partition coefficient (Wildman–Crippen LogP) is 1.96. The molecule has 0 saturated carbocycles. The zero-order chi connectivity index (χ0) is 12.8. The van der Waals surface area contributed by atoms with E-state index in [0.29, 0.717) is 10.8 Å². The molecule has 1 aromatic rings. The summed E-state index contributed by atoms with van der Waals surface area (Å²) in [6.45, 7) is 1.26. The number of halogens is 1. The van der Waals surface area contributed by atoms with Crippen molar-refractivity contribution in [2.75, 3.05) is 6.54 Å². The van der Waals surface area contributed by atoms with Crippen molar-refractivity contribution in [1.29, 1.82) is 0 Å². The fraction of sp³-hybridized carbons (Fsp3) is 0.273. The molecule has 1 N–H and O–H groups in total. The van der Waals surface area contributed by atoms with Gasteiger partial charge in [-0.2, -0.15) is 5.06 Å². The van der Waals surface area contributed by atoms with Crippen LogP contribution in [0.5, 0.6) is 5.75 Å². The molecule has 92 valence electrons. The molecule has 6 heteroatoms. The number of amides is 1. The number of aliphatic carboxylic acids is 1. The maximum absolute atomic E-state index is 11.2. The van der Waals surface area contributed by atoms with Crippen LogP contribution in [0.4, 0.5) is 0 Å². The van der Waals surface area contributed by atoms with Gasteiger partial charge in [-0.15, -0.1) is 0 Å². The summed E-state index contributed by atoms with van der Waals surface area (Å²) >= 11 is 5.86. The van der Waals surface area contributed by atoms with Crippen LogP contribution in [-0.4, -0.2) is 28.6 Å². The minimum Gasteiger partial charge on any atom is -0.481 e. The number of carbonyl (C=O) groups excluding carboxylic acids is 1. The topological polar surface area (TPSA) is 66.8 Å². The van der Waals surface area contributed by atoms with Crippen LogP contribution < -0.4 is 4.84 Å². The van der Waals surface area contributed by atoms with E-state index in [9.17, 15) is 9.59 Å². The van der Waals surface area contributed by atoms with Gasteiger partial charge in [-0.1, -0.05) is 23.7 Å². The maximum atomic E-state index is 11.2. The molecule has 0 saturated heterocycles. The third-order valence-electron chi connectivity index (χ3n) is 1.93. The number of para-hydroxylation sites is 1. The Hall–Kier alpha value is -1.75. The van der Waals surface area contributed by atoms with Gasteiger partial charge in [-0.25, -0.2) is 0 Å². The Kier molecular flexibility index (Phi) is 4.78. The van der Waals surface area contributed by atoms with Crippen LogP contribution in [0.25, 0.3) is 0 Å². The number of benzene rings is 1. The molecular weight excluding hydrogens is 246 g/mol. The Morgan fingerprint density at radius 3 is 2.59 bits per heavy atom. The van der Waals surface area contributed by atoms with E-state index in [0.717, 1.165) is 5.06 Å². The summed E-state index contributed by atoms with van der Waals surface area (Å²) in [6, 6.07) is 6.65. The number of carbonyl (C=O) groups is 2. The third-order valence-corrected chi connectivity index (χ3v) is 2.24. The quantitative estimate of drug-likeness (QED) is 0.819. The van der Waals surface area contributed by atoms with Crippen molar-refractivity contribution in [3.05, 3.63) is 29.3 Å². The normalized spacial score (nSPS) is 9.76. The van der Waals surface area contributed by atoms with Gasteiger partial charge in [0.25, 0.3) is 5.91 Å². The molecule has 1 aromatic carbocycles. The lowest BCUT2D eigenvalue weighted by molar-refractivity contribution is -0.157. The second-order valence-corrected chi connectivity index (χ2v) is 3.69. The third kappa shape index (κ3) is 4.32. The molecule has 0 bridgehead atoms. The highest BCUT2D eigenvalue weighted by molar-refractivity contribution is 6.32. The molecule has 0 aromatic heterocycles. The first kappa shape index (κ1) is 13.3. The zero-order valence-corrected chi connectivity index (χ0v) is 9.98. The summed E-state index contributed by atoms with van der Waals surface area (Å²) in [5.41, 5.74) is 0. The van der Waals surface area contributed by atoms with Gasteiger partial charge in [0, 0.05) is 6.92 Å². The standard InChI is InChI=1S/C11H12ClNO4/c1-8(14)13(7-6-11(15)16)17-10-5-3-2-4-9(10)12/h2-5H,6-7H2,1H3,(H,15,16). The lowest BCUT2D eigenvalue weighted by atomic mass is 10.3. The Morgan fingerprint density at radius 2 is 2.06 bits per heavy atom. The van der Waals surface area contributed by atoms with E-state index < -0.39 is 5.97 Å². The molecular formula is C11H12ClNO4. The first-order valence-corrected chi connectivity index (χ1v) is 5.31. The van der Waals surface area contributed by atoms with Gasteiger partial charge < -0.3 is 9.94 Å². The van der Waals surface area contributed by atoms with Gasteiger partial charge in [0.1, 0.15) is 0 Å². The molecule has 1 amide bonds. The van der Waals surface area contributed by atoms with Crippen molar-refractivity contribution in [2.45, 2.75) is 13.3 Å². The highest BCUT2D eigenvalue weighted by Crippen LogP contribution is 2.24. The number of rotatable bonds is 5. The maximum Gasteiger partial charge on any atom is 0.305 e. The van der Waals surface area contributed by atoms with Crippen LogP contribution in [0.1, 0.15) is 13.3 Å². The predicted molar refractivity (Wildman–Crippen MR) is 61.7 cm³/mol. The minimum atomic E-state index is -1.00. The van der Waals surface area contributed by atoms with Crippen LogP contribution in [-0.2, 0) is 9.59 Å². The molecule has 17 heavy (non-hydrogen) atoms. The first-order chi connectivity index (χ1) is 8.00. The number of nitrogens with zero attached hydrogens (tertiary/aromatic N) is 1. The highest BCUT2D eigenvalue weighted by atomic mass is 35.5. The average Bonchev–Trinajstić information content (AvgIpc) is 2.25. The van der Waals surface area contributed by atoms with Gasteiger partial charge in [0.2, 0.25) is 0 Å². The van der Waals surface area contributed by atoms with Crippen molar-refractivity contribution >= 4 is 23.5 Å². The lowest BCUT2D eigenvalue weighted by Crippen LogP contribution is -2.34. The van der Waals surface area contributed by atoms with Crippen molar-refractivity contribution in [3.63, 3.8) is 0 Å². The second-order valence-electron chi connectivity index (χ2n) is 3.29. The van der Waals surface area contributed by atoms with Crippen LogP contribution in [0.15, 0.2) is 24.3 Å². The summed E-state index contributed by atoms with van der Waals surface area (Å²) in [5, 5.41) is 9.87. The minimum absolute atomic E-state index is 0.0319. The zero-order valence-electron chi connectivity index (χ0n) is 9.22. The number of carboxylic acids is 1. The number of carboxylic acid groups (broad SMARTS) is 1. The fourth-order valence-corrected chi connectivity index (χ4v) is 1.27. The van der Waals surface area contributed by atoms with E-state index in [1.54, 1.807) is 24.3 Å². The Bertz CT molecular complexity index is 422. The molecule has 0 fully saturated rings.